The molecule has 6 heteroatoms. The molecule has 0 saturated carbocycles. The summed E-state index contributed by atoms with van der Waals surface area (Å²) in [4.78, 5) is 4.71. The first-order chi connectivity index (χ1) is 5.51. The van der Waals surface area contributed by atoms with Crippen molar-refractivity contribution in [3.63, 3.8) is 0 Å². The molecule has 1 heterocycles. The molecule has 0 unspecified atom stereocenters. The van der Waals surface area contributed by atoms with E-state index in [1.54, 1.807) is 6.20 Å². The number of thiazole rings is 1. The van der Waals surface area contributed by atoms with Gasteiger partial charge in [0.25, 0.3) is 0 Å². The normalized spacial score (nSPS) is 11.8. The minimum atomic E-state index is -3.43. The molecule has 12 heavy (non-hydrogen) atoms. The lowest BCUT2D eigenvalue weighted by Crippen LogP contribution is -1.91. The van der Waals surface area contributed by atoms with Crippen molar-refractivity contribution in [2.75, 3.05) is 0 Å². The molecule has 0 aliphatic carbocycles. The molecule has 0 bridgehead atoms. The number of hydrogen-bond acceptors (Lipinski definition) is 4. The topological polar surface area (TPSA) is 47.0 Å². The Labute approximate surface area is 79.8 Å². The molecule has 0 atom stereocenters. The summed E-state index contributed by atoms with van der Waals surface area (Å²) in [5.41, 5.74) is 0. The van der Waals surface area contributed by atoms with E-state index in [-0.39, 0.29) is 5.75 Å². The Morgan fingerprint density at radius 1 is 1.67 bits per heavy atom. The molecular formula is C6H8ClNO2S2. The molecular weight excluding hydrogens is 218 g/mol. The Morgan fingerprint density at radius 2 is 2.33 bits per heavy atom. The summed E-state index contributed by atoms with van der Waals surface area (Å²) >= 11 is 1.39. The Bertz CT molecular complexity index is 357. The molecule has 0 N–H and O–H groups in total. The first-order valence-electron chi connectivity index (χ1n) is 3.37. The highest BCUT2D eigenvalue weighted by Gasteiger charge is 2.09. The van der Waals surface area contributed by atoms with Gasteiger partial charge in [-0.2, -0.15) is 0 Å². The van der Waals surface area contributed by atoms with Crippen LogP contribution < -0.4 is 0 Å². The minimum Gasteiger partial charge on any atom is -0.249 e. The fourth-order valence-electron chi connectivity index (χ4n) is 0.748. The van der Waals surface area contributed by atoms with Crippen LogP contribution in [-0.4, -0.2) is 13.4 Å². The van der Waals surface area contributed by atoms with Gasteiger partial charge in [-0.05, 0) is 6.42 Å². The quantitative estimate of drug-likeness (QED) is 0.737. The zero-order chi connectivity index (χ0) is 9.19. The van der Waals surface area contributed by atoms with E-state index in [0.717, 1.165) is 11.4 Å². The maximum absolute atomic E-state index is 10.6. The van der Waals surface area contributed by atoms with Gasteiger partial charge >= 0.3 is 0 Å². The number of nitrogens with zero attached hydrogens (tertiary/aromatic N) is 1. The average molecular weight is 226 g/mol. The molecule has 1 rings (SSSR count). The van der Waals surface area contributed by atoms with Crippen molar-refractivity contribution >= 4 is 31.1 Å². The Morgan fingerprint density at radius 3 is 2.75 bits per heavy atom. The molecule has 0 spiro atoms. The van der Waals surface area contributed by atoms with Crippen LogP contribution in [0.15, 0.2) is 6.20 Å². The van der Waals surface area contributed by atoms with Crippen LogP contribution >= 0.6 is 22.0 Å². The summed E-state index contributed by atoms with van der Waals surface area (Å²) in [6, 6.07) is 0. The van der Waals surface area contributed by atoms with Crippen molar-refractivity contribution in [1.29, 1.82) is 0 Å². The third-order valence-corrected chi connectivity index (χ3v) is 3.53. The number of aromatic nitrogens is 1. The van der Waals surface area contributed by atoms with Gasteiger partial charge in [-0.15, -0.1) is 11.3 Å². The van der Waals surface area contributed by atoms with Crippen LogP contribution in [0.5, 0.6) is 0 Å². The first kappa shape index (κ1) is 9.95. The second-order valence-electron chi connectivity index (χ2n) is 2.26. The second kappa shape index (κ2) is 3.72. The Hall–Kier alpha value is -0.130. The van der Waals surface area contributed by atoms with Gasteiger partial charge in [0, 0.05) is 21.8 Å². The highest BCUT2D eigenvalue weighted by Crippen LogP contribution is 2.17. The van der Waals surface area contributed by atoms with E-state index in [4.69, 9.17) is 10.7 Å². The molecule has 3 nitrogen and oxygen atoms in total. The SMILES string of the molecule is CCc1ncc(CS(=O)(=O)Cl)s1. The van der Waals surface area contributed by atoms with Gasteiger partial charge in [0.2, 0.25) is 9.05 Å². The van der Waals surface area contributed by atoms with Gasteiger partial charge in [0.15, 0.2) is 0 Å². The summed E-state index contributed by atoms with van der Waals surface area (Å²) in [7, 11) is 1.64. The molecule has 0 amide bonds. The van der Waals surface area contributed by atoms with Gasteiger partial charge in [-0.25, -0.2) is 13.4 Å². The average Bonchev–Trinajstić information content (AvgIpc) is 2.32. The summed E-state index contributed by atoms with van der Waals surface area (Å²) < 4.78 is 21.3. The van der Waals surface area contributed by atoms with Crippen LogP contribution in [0.4, 0.5) is 0 Å². The number of halogens is 1. The lowest BCUT2D eigenvalue weighted by molar-refractivity contribution is 0.609. The van der Waals surface area contributed by atoms with Crippen molar-refractivity contribution in [2.45, 2.75) is 19.1 Å². The first-order valence-corrected chi connectivity index (χ1v) is 6.66. The largest absolute Gasteiger partial charge is 0.249 e. The Balaban J connectivity index is 2.78. The predicted octanol–water partition coefficient (Wildman–Crippen LogP) is 1.77. The molecule has 1 aromatic heterocycles. The smallest absolute Gasteiger partial charge is 0.237 e. The second-order valence-corrected chi connectivity index (χ2v) is 6.23. The highest BCUT2D eigenvalue weighted by molar-refractivity contribution is 8.13. The van der Waals surface area contributed by atoms with E-state index in [9.17, 15) is 8.42 Å². The van der Waals surface area contributed by atoms with Crippen molar-refractivity contribution in [3.05, 3.63) is 16.1 Å². The molecule has 68 valence electrons. The molecule has 0 fully saturated rings. The van der Waals surface area contributed by atoms with Crippen molar-refractivity contribution in [2.24, 2.45) is 0 Å². The van der Waals surface area contributed by atoms with Crippen LogP contribution in [0.2, 0.25) is 0 Å². The van der Waals surface area contributed by atoms with Crippen LogP contribution in [0, 0.1) is 0 Å². The van der Waals surface area contributed by atoms with Crippen LogP contribution in [0.1, 0.15) is 16.8 Å². The van der Waals surface area contributed by atoms with Crippen molar-refractivity contribution < 1.29 is 8.42 Å². The van der Waals surface area contributed by atoms with Crippen molar-refractivity contribution in [1.82, 2.24) is 4.98 Å². The minimum absolute atomic E-state index is 0.119. The van der Waals surface area contributed by atoms with Crippen molar-refractivity contribution in [3.8, 4) is 0 Å². The van der Waals surface area contributed by atoms with E-state index in [0.29, 0.717) is 4.88 Å². The lowest BCUT2D eigenvalue weighted by Gasteiger charge is -1.88. The van der Waals surface area contributed by atoms with E-state index in [2.05, 4.69) is 4.98 Å². The lowest BCUT2D eigenvalue weighted by atomic mass is 10.5. The van der Waals surface area contributed by atoms with Gasteiger partial charge in [-0.1, -0.05) is 6.92 Å². The molecule has 0 saturated heterocycles. The summed E-state index contributed by atoms with van der Waals surface area (Å²) in [6.07, 6.45) is 2.39. The van der Waals surface area contributed by atoms with Gasteiger partial charge in [-0.3, -0.25) is 0 Å². The van der Waals surface area contributed by atoms with Gasteiger partial charge < -0.3 is 0 Å². The molecule has 0 aliphatic rings. The standard InChI is InChI=1S/C6H8ClNO2S2/c1-2-6-8-3-5(11-6)4-12(7,9)10/h3H,2,4H2,1H3. The summed E-state index contributed by atoms with van der Waals surface area (Å²) in [6.45, 7) is 1.97. The molecule has 1 aromatic rings. The van der Waals surface area contributed by atoms with Crippen LogP contribution in [-0.2, 0) is 21.2 Å². The maximum Gasteiger partial charge on any atom is 0.237 e. The van der Waals surface area contributed by atoms with Crippen LogP contribution in [0.25, 0.3) is 0 Å². The van der Waals surface area contributed by atoms with E-state index in [1.165, 1.54) is 11.3 Å². The Kier molecular flexibility index (Phi) is 3.09. The number of aryl methyl sites for hydroxylation is 1. The fourth-order valence-corrected chi connectivity index (χ4v) is 3.07. The third-order valence-electron chi connectivity index (χ3n) is 1.22. The zero-order valence-electron chi connectivity index (χ0n) is 6.45. The van der Waals surface area contributed by atoms with Crippen LogP contribution in [0.3, 0.4) is 0 Å². The van der Waals surface area contributed by atoms with Gasteiger partial charge in [0.05, 0.1) is 5.01 Å². The van der Waals surface area contributed by atoms with Gasteiger partial charge in [0.1, 0.15) is 5.75 Å². The fraction of sp³-hybridized carbons (Fsp3) is 0.500. The van der Waals surface area contributed by atoms with E-state index in [1.807, 2.05) is 6.92 Å². The third kappa shape index (κ3) is 3.08. The summed E-state index contributed by atoms with van der Waals surface area (Å²) in [5, 5.41) is 0.935. The molecule has 0 aromatic carbocycles. The number of hydrogen-bond donors (Lipinski definition) is 0. The maximum atomic E-state index is 10.6. The van der Waals surface area contributed by atoms with E-state index >= 15 is 0 Å². The monoisotopic (exact) mass is 225 g/mol. The predicted molar refractivity (Wildman–Crippen MR) is 50.0 cm³/mol. The number of rotatable bonds is 3. The summed E-state index contributed by atoms with van der Waals surface area (Å²) in [5.74, 6) is -0.119. The molecule has 0 aliphatic heterocycles. The molecule has 0 radical (unpaired) electrons. The highest BCUT2D eigenvalue weighted by atomic mass is 35.7. The zero-order valence-corrected chi connectivity index (χ0v) is 8.84. The van der Waals surface area contributed by atoms with E-state index < -0.39 is 9.05 Å².